The van der Waals surface area contributed by atoms with Gasteiger partial charge in [0.1, 0.15) is 0 Å². The Morgan fingerprint density at radius 1 is 1.19 bits per heavy atom. The van der Waals surface area contributed by atoms with E-state index in [2.05, 4.69) is 44.0 Å². The summed E-state index contributed by atoms with van der Waals surface area (Å²) in [5.74, 6) is 2.48. The van der Waals surface area contributed by atoms with E-state index in [1.54, 1.807) is 0 Å². The molecule has 4 rings (SSSR count). The third kappa shape index (κ3) is 3.46. The second-order valence-electron chi connectivity index (χ2n) is 8.91. The van der Waals surface area contributed by atoms with Gasteiger partial charge >= 0.3 is 0 Å². The number of nitrogens with zero attached hydrogens (tertiary/aromatic N) is 1. The van der Waals surface area contributed by atoms with Crippen LogP contribution in [0.15, 0.2) is 18.2 Å². The van der Waals surface area contributed by atoms with E-state index in [1.165, 1.54) is 18.4 Å². The number of aliphatic hydroxyl groups excluding tert-OH is 1. The van der Waals surface area contributed by atoms with Crippen LogP contribution < -0.4 is 9.47 Å². The predicted octanol–water partition coefficient (Wildman–Crippen LogP) is 3.75. The van der Waals surface area contributed by atoms with Crippen molar-refractivity contribution in [1.82, 2.24) is 4.90 Å². The van der Waals surface area contributed by atoms with Crippen LogP contribution >= 0.6 is 0 Å². The van der Waals surface area contributed by atoms with Crippen molar-refractivity contribution in [3.05, 3.63) is 23.8 Å². The van der Waals surface area contributed by atoms with Crippen molar-refractivity contribution < 1.29 is 14.6 Å². The highest BCUT2D eigenvalue weighted by Gasteiger charge is 2.50. The standard InChI is InChI=1S/C22H33NO3/c1-15(2)26-19-7-6-17(12-20(19)25-14-16-4-5-16)22-9-8-18(24)13-21(22)23(3)11-10-22/h6-7,12,15-16,18,21,24H,4-5,8-11,13-14H2,1-3H3/t18-,21-,22-/m0/s1. The first-order valence-corrected chi connectivity index (χ1v) is 10.3. The van der Waals surface area contributed by atoms with Gasteiger partial charge in [-0.1, -0.05) is 6.07 Å². The van der Waals surface area contributed by atoms with E-state index < -0.39 is 0 Å². The van der Waals surface area contributed by atoms with Gasteiger partial charge in [0.25, 0.3) is 0 Å². The zero-order valence-corrected chi connectivity index (χ0v) is 16.4. The first-order valence-electron chi connectivity index (χ1n) is 10.3. The van der Waals surface area contributed by atoms with E-state index >= 15 is 0 Å². The highest BCUT2D eigenvalue weighted by Crippen LogP contribution is 2.50. The molecule has 0 spiro atoms. The monoisotopic (exact) mass is 359 g/mol. The summed E-state index contributed by atoms with van der Waals surface area (Å²) in [6.07, 6.45) is 6.53. The Morgan fingerprint density at radius 3 is 2.73 bits per heavy atom. The number of likely N-dealkylation sites (N-methyl/N-ethyl adjacent to an activating group) is 1. The van der Waals surface area contributed by atoms with Crippen LogP contribution in [0, 0.1) is 5.92 Å². The van der Waals surface area contributed by atoms with Crippen molar-refractivity contribution >= 4 is 0 Å². The van der Waals surface area contributed by atoms with Gasteiger partial charge in [-0.15, -0.1) is 0 Å². The second kappa shape index (κ2) is 7.05. The molecule has 1 aromatic carbocycles. The molecule has 0 aromatic heterocycles. The summed E-state index contributed by atoms with van der Waals surface area (Å²) in [6.45, 7) is 6.01. The number of benzene rings is 1. The van der Waals surface area contributed by atoms with Gasteiger partial charge in [0, 0.05) is 11.5 Å². The molecule has 3 aliphatic rings. The summed E-state index contributed by atoms with van der Waals surface area (Å²) in [7, 11) is 2.20. The van der Waals surface area contributed by atoms with Crippen LogP contribution in [0.5, 0.6) is 11.5 Å². The lowest BCUT2D eigenvalue weighted by atomic mass is 9.65. The highest BCUT2D eigenvalue weighted by molar-refractivity contribution is 5.47. The molecule has 1 N–H and O–H groups in total. The van der Waals surface area contributed by atoms with Gasteiger partial charge in [0.2, 0.25) is 0 Å². The minimum Gasteiger partial charge on any atom is -0.489 e. The smallest absolute Gasteiger partial charge is 0.161 e. The maximum atomic E-state index is 10.2. The van der Waals surface area contributed by atoms with Crippen LogP contribution in [0.4, 0.5) is 0 Å². The van der Waals surface area contributed by atoms with E-state index in [0.717, 1.165) is 56.3 Å². The van der Waals surface area contributed by atoms with Crippen molar-refractivity contribution in [2.24, 2.45) is 5.92 Å². The van der Waals surface area contributed by atoms with Crippen LogP contribution in [0.2, 0.25) is 0 Å². The van der Waals surface area contributed by atoms with Crippen molar-refractivity contribution in [1.29, 1.82) is 0 Å². The van der Waals surface area contributed by atoms with Crippen LogP contribution in [-0.2, 0) is 5.41 Å². The Kier molecular flexibility index (Phi) is 4.91. The molecule has 2 aliphatic carbocycles. The predicted molar refractivity (Wildman–Crippen MR) is 103 cm³/mol. The lowest BCUT2D eigenvalue weighted by molar-refractivity contribution is 0.0566. The van der Waals surface area contributed by atoms with Crippen molar-refractivity contribution in [3.63, 3.8) is 0 Å². The maximum Gasteiger partial charge on any atom is 0.161 e. The summed E-state index contributed by atoms with van der Waals surface area (Å²) in [6, 6.07) is 7.00. The third-order valence-corrected chi connectivity index (χ3v) is 6.55. The second-order valence-corrected chi connectivity index (χ2v) is 8.91. The van der Waals surface area contributed by atoms with E-state index in [4.69, 9.17) is 9.47 Å². The molecule has 3 atom stereocenters. The molecule has 4 heteroatoms. The van der Waals surface area contributed by atoms with Gasteiger partial charge in [-0.05, 0) is 89.6 Å². The molecule has 0 unspecified atom stereocenters. The van der Waals surface area contributed by atoms with Gasteiger partial charge < -0.3 is 19.5 Å². The maximum absolute atomic E-state index is 10.2. The van der Waals surface area contributed by atoms with Crippen LogP contribution in [-0.4, -0.2) is 48.5 Å². The Hall–Kier alpha value is -1.26. The van der Waals surface area contributed by atoms with Gasteiger partial charge in [0.05, 0.1) is 18.8 Å². The summed E-state index contributed by atoms with van der Waals surface area (Å²) >= 11 is 0. The fraction of sp³-hybridized carbons (Fsp3) is 0.727. The molecule has 1 aromatic rings. The molecule has 1 heterocycles. The Morgan fingerprint density at radius 2 is 2.00 bits per heavy atom. The SMILES string of the molecule is CC(C)Oc1ccc([C@@]23CC[C@H](O)C[C@@H]2N(C)CC3)cc1OCC1CC1. The van der Waals surface area contributed by atoms with E-state index in [-0.39, 0.29) is 17.6 Å². The molecular formula is C22H33NO3. The molecule has 1 saturated heterocycles. The fourth-order valence-corrected chi connectivity index (χ4v) is 4.87. The highest BCUT2D eigenvalue weighted by atomic mass is 16.5. The van der Waals surface area contributed by atoms with Crippen LogP contribution in [0.1, 0.15) is 57.9 Å². The summed E-state index contributed by atoms with van der Waals surface area (Å²) in [5, 5.41) is 10.2. The Labute approximate surface area is 157 Å². The first-order chi connectivity index (χ1) is 12.5. The third-order valence-electron chi connectivity index (χ3n) is 6.55. The van der Waals surface area contributed by atoms with Gasteiger partial charge in [0.15, 0.2) is 11.5 Å². The fourth-order valence-electron chi connectivity index (χ4n) is 4.87. The number of aliphatic hydroxyl groups is 1. The van der Waals surface area contributed by atoms with Gasteiger partial charge in [-0.3, -0.25) is 0 Å². The van der Waals surface area contributed by atoms with E-state index in [0.29, 0.717) is 6.04 Å². The van der Waals surface area contributed by atoms with E-state index in [1.807, 2.05) is 0 Å². The molecule has 0 amide bonds. The van der Waals surface area contributed by atoms with Crippen LogP contribution in [0.3, 0.4) is 0 Å². The quantitative estimate of drug-likeness (QED) is 0.840. The van der Waals surface area contributed by atoms with Crippen molar-refractivity contribution in [2.45, 2.75) is 76.0 Å². The molecule has 144 valence electrons. The lowest BCUT2D eigenvalue weighted by Crippen LogP contribution is -2.47. The van der Waals surface area contributed by atoms with Crippen molar-refractivity contribution in [3.8, 4) is 11.5 Å². The van der Waals surface area contributed by atoms with Gasteiger partial charge in [-0.25, -0.2) is 0 Å². The number of likely N-dealkylation sites (tertiary alicyclic amines) is 1. The summed E-state index contributed by atoms with van der Waals surface area (Å²) < 4.78 is 12.2. The summed E-state index contributed by atoms with van der Waals surface area (Å²) in [4.78, 5) is 2.44. The summed E-state index contributed by atoms with van der Waals surface area (Å²) in [5.41, 5.74) is 1.50. The molecule has 4 nitrogen and oxygen atoms in total. The molecule has 3 fully saturated rings. The molecule has 1 aliphatic heterocycles. The Bertz CT molecular complexity index is 642. The topological polar surface area (TPSA) is 41.9 Å². The number of hydrogen-bond donors (Lipinski definition) is 1. The zero-order valence-electron chi connectivity index (χ0n) is 16.4. The first kappa shape index (κ1) is 18.1. The van der Waals surface area contributed by atoms with E-state index in [9.17, 15) is 5.11 Å². The minimum atomic E-state index is -0.164. The van der Waals surface area contributed by atoms with Gasteiger partial charge in [-0.2, -0.15) is 0 Å². The van der Waals surface area contributed by atoms with Crippen molar-refractivity contribution in [2.75, 3.05) is 20.2 Å². The van der Waals surface area contributed by atoms with Crippen LogP contribution in [0.25, 0.3) is 0 Å². The molecule has 26 heavy (non-hydrogen) atoms. The normalized spacial score (nSPS) is 31.9. The number of hydrogen-bond acceptors (Lipinski definition) is 4. The number of rotatable bonds is 6. The minimum absolute atomic E-state index is 0.137. The zero-order chi connectivity index (χ0) is 18.3. The Balaban J connectivity index is 1.65. The molecule has 2 saturated carbocycles. The average Bonchev–Trinajstić information content (AvgIpc) is 3.38. The lowest BCUT2D eigenvalue weighted by Gasteiger charge is -2.43. The molecule has 0 radical (unpaired) electrons. The number of ether oxygens (including phenoxy) is 2. The number of fused-ring (bicyclic) bond motifs is 1. The largest absolute Gasteiger partial charge is 0.489 e. The average molecular weight is 360 g/mol. The molecule has 0 bridgehead atoms. The molecular weight excluding hydrogens is 326 g/mol.